The monoisotopic (exact) mass is 539 g/mol. The normalized spacial score (nSPS) is 21.0. The quantitative estimate of drug-likeness (QED) is 0.199. The van der Waals surface area contributed by atoms with Crippen LogP contribution in [0.15, 0.2) is 4.99 Å². The van der Waals surface area contributed by atoms with Crippen molar-refractivity contribution >= 4 is 29.9 Å². The molecule has 178 valence electrons. The SMILES string of the molecule is CCNC(=NCC(C(C)C)N1CCN(C)CC1)N1CCC(OCCCOC)CC1.I. The number of nitrogens with one attached hydrogen (secondary N) is 1. The number of rotatable bonds is 10. The Hall–Kier alpha value is -0.160. The fourth-order valence-corrected chi connectivity index (χ4v) is 4.19. The van der Waals surface area contributed by atoms with Gasteiger partial charge in [-0.2, -0.15) is 0 Å². The van der Waals surface area contributed by atoms with Gasteiger partial charge in [-0.1, -0.05) is 13.8 Å². The van der Waals surface area contributed by atoms with Crippen LogP contribution in [0.5, 0.6) is 0 Å². The van der Waals surface area contributed by atoms with Crippen LogP contribution >= 0.6 is 24.0 Å². The summed E-state index contributed by atoms with van der Waals surface area (Å²) < 4.78 is 11.1. The molecule has 30 heavy (non-hydrogen) atoms. The van der Waals surface area contributed by atoms with Crippen LogP contribution in [0.4, 0.5) is 0 Å². The molecule has 0 bridgehead atoms. The number of likely N-dealkylation sites (N-methyl/N-ethyl adjacent to an activating group) is 1. The molecule has 0 aliphatic carbocycles. The molecule has 2 aliphatic rings. The summed E-state index contributed by atoms with van der Waals surface area (Å²) in [6.45, 7) is 16.8. The Morgan fingerprint density at radius 2 is 1.73 bits per heavy atom. The molecule has 7 nitrogen and oxygen atoms in total. The van der Waals surface area contributed by atoms with E-state index in [0.717, 1.165) is 90.8 Å². The van der Waals surface area contributed by atoms with Crippen LogP contribution in [0.1, 0.15) is 40.0 Å². The molecule has 1 unspecified atom stereocenters. The van der Waals surface area contributed by atoms with E-state index in [1.165, 1.54) is 0 Å². The highest BCUT2D eigenvalue weighted by molar-refractivity contribution is 14.0. The van der Waals surface area contributed by atoms with Crippen LogP contribution in [0.2, 0.25) is 0 Å². The van der Waals surface area contributed by atoms with E-state index in [1.54, 1.807) is 7.11 Å². The van der Waals surface area contributed by atoms with Gasteiger partial charge in [-0.15, -0.1) is 24.0 Å². The standard InChI is InChI=1S/C22H45N5O2.HI/c1-6-23-22(27-10-8-20(9-11-27)29-17-7-16-28-5)24-18-21(19(2)3)26-14-12-25(4)13-15-26;/h19-21H,6-18H2,1-5H3,(H,23,24);1H. The molecule has 8 heteroatoms. The van der Waals surface area contributed by atoms with Crippen LogP contribution in [0, 0.1) is 5.92 Å². The van der Waals surface area contributed by atoms with Gasteiger partial charge in [0.15, 0.2) is 5.96 Å². The Balaban J connectivity index is 0.00000450. The molecule has 0 saturated carbocycles. The molecule has 0 aromatic rings. The number of ether oxygens (including phenoxy) is 2. The molecule has 0 aromatic carbocycles. The lowest BCUT2D eigenvalue weighted by atomic mass is 10.0. The van der Waals surface area contributed by atoms with Gasteiger partial charge in [0.25, 0.3) is 0 Å². The van der Waals surface area contributed by atoms with E-state index in [4.69, 9.17) is 14.5 Å². The smallest absolute Gasteiger partial charge is 0.193 e. The molecule has 1 N–H and O–H groups in total. The molecular weight excluding hydrogens is 493 g/mol. The fourth-order valence-electron chi connectivity index (χ4n) is 4.19. The number of aliphatic imine (C=N–C) groups is 1. The zero-order valence-electron chi connectivity index (χ0n) is 19.9. The molecule has 0 radical (unpaired) electrons. The number of halogens is 1. The summed E-state index contributed by atoms with van der Waals surface area (Å²) in [4.78, 5) is 12.6. The van der Waals surface area contributed by atoms with Gasteiger partial charge in [0, 0.05) is 72.2 Å². The van der Waals surface area contributed by atoms with Crippen LogP contribution < -0.4 is 5.32 Å². The number of piperazine rings is 1. The molecule has 2 saturated heterocycles. The van der Waals surface area contributed by atoms with Gasteiger partial charge in [0.1, 0.15) is 0 Å². The summed E-state index contributed by atoms with van der Waals surface area (Å²) in [5.74, 6) is 1.68. The van der Waals surface area contributed by atoms with Crippen molar-refractivity contribution in [2.24, 2.45) is 10.9 Å². The first kappa shape index (κ1) is 27.9. The van der Waals surface area contributed by atoms with Crippen molar-refractivity contribution in [3.05, 3.63) is 0 Å². The van der Waals surface area contributed by atoms with Crippen LogP contribution in [-0.2, 0) is 9.47 Å². The minimum atomic E-state index is 0. The van der Waals surface area contributed by atoms with Gasteiger partial charge in [0.05, 0.1) is 12.6 Å². The van der Waals surface area contributed by atoms with Crippen molar-refractivity contribution in [1.29, 1.82) is 0 Å². The Kier molecular flexibility index (Phi) is 14.5. The predicted molar refractivity (Wildman–Crippen MR) is 136 cm³/mol. The number of guanidine groups is 1. The second kappa shape index (κ2) is 15.6. The molecule has 2 fully saturated rings. The first-order valence-electron chi connectivity index (χ1n) is 11.6. The zero-order chi connectivity index (χ0) is 21.1. The first-order chi connectivity index (χ1) is 14.0. The lowest BCUT2D eigenvalue weighted by Crippen LogP contribution is -2.52. The number of hydrogen-bond acceptors (Lipinski definition) is 5. The van der Waals surface area contributed by atoms with E-state index in [9.17, 15) is 0 Å². The van der Waals surface area contributed by atoms with Crippen LogP contribution in [-0.4, -0.2) is 113 Å². The third kappa shape index (κ3) is 9.54. The summed E-state index contributed by atoms with van der Waals surface area (Å²) in [6.07, 6.45) is 3.50. The number of methoxy groups -OCH3 is 1. The summed E-state index contributed by atoms with van der Waals surface area (Å²) in [7, 11) is 3.96. The number of likely N-dealkylation sites (tertiary alicyclic amines) is 1. The maximum absolute atomic E-state index is 6.01. The molecule has 2 aliphatic heterocycles. The third-order valence-corrected chi connectivity index (χ3v) is 6.13. The van der Waals surface area contributed by atoms with Gasteiger partial charge in [0.2, 0.25) is 0 Å². The lowest BCUT2D eigenvalue weighted by Gasteiger charge is -2.39. The number of nitrogens with zero attached hydrogens (tertiary/aromatic N) is 4. The summed E-state index contributed by atoms with van der Waals surface area (Å²) in [5, 5.41) is 3.52. The van der Waals surface area contributed by atoms with Gasteiger partial charge in [-0.3, -0.25) is 9.89 Å². The average Bonchev–Trinajstić information content (AvgIpc) is 2.72. The summed E-state index contributed by atoms with van der Waals surface area (Å²) >= 11 is 0. The Bertz CT molecular complexity index is 464. The summed E-state index contributed by atoms with van der Waals surface area (Å²) in [6, 6.07) is 0.513. The maximum atomic E-state index is 6.01. The van der Waals surface area contributed by atoms with E-state index in [-0.39, 0.29) is 24.0 Å². The number of piperidine rings is 1. The van der Waals surface area contributed by atoms with Crippen molar-refractivity contribution in [2.75, 3.05) is 79.7 Å². The van der Waals surface area contributed by atoms with E-state index in [1.807, 2.05) is 0 Å². The third-order valence-electron chi connectivity index (χ3n) is 6.13. The predicted octanol–water partition coefficient (Wildman–Crippen LogP) is 2.36. The van der Waals surface area contributed by atoms with Crippen molar-refractivity contribution < 1.29 is 9.47 Å². The minimum Gasteiger partial charge on any atom is -0.385 e. The largest absolute Gasteiger partial charge is 0.385 e. The van der Waals surface area contributed by atoms with E-state index < -0.39 is 0 Å². The molecule has 0 spiro atoms. The first-order valence-corrected chi connectivity index (χ1v) is 11.6. The molecule has 2 rings (SSSR count). The highest BCUT2D eigenvalue weighted by Crippen LogP contribution is 2.16. The van der Waals surface area contributed by atoms with E-state index >= 15 is 0 Å². The Morgan fingerprint density at radius 3 is 2.30 bits per heavy atom. The molecule has 2 heterocycles. The fraction of sp³-hybridized carbons (Fsp3) is 0.955. The Labute approximate surface area is 201 Å². The second-order valence-electron chi connectivity index (χ2n) is 8.75. The van der Waals surface area contributed by atoms with Crippen molar-refractivity contribution in [1.82, 2.24) is 20.0 Å². The molecule has 0 aromatic heterocycles. The second-order valence-corrected chi connectivity index (χ2v) is 8.75. The van der Waals surface area contributed by atoms with E-state index in [2.05, 4.69) is 47.8 Å². The van der Waals surface area contributed by atoms with E-state index in [0.29, 0.717) is 18.1 Å². The molecule has 0 amide bonds. The van der Waals surface area contributed by atoms with Gasteiger partial charge < -0.3 is 24.6 Å². The lowest BCUT2D eigenvalue weighted by molar-refractivity contribution is 0.00986. The molecule has 1 atom stereocenters. The van der Waals surface area contributed by atoms with Crippen molar-refractivity contribution in [2.45, 2.75) is 52.2 Å². The number of hydrogen-bond donors (Lipinski definition) is 1. The van der Waals surface area contributed by atoms with Crippen molar-refractivity contribution in [3.8, 4) is 0 Å². The molecular formula is C22H46IN5O2. The topological polar surface area (TPSA) is 52.6 Å². The van der Waals surface area contributed by atoms with Crippen molar-refractivity contribution in [3.63, 3.8) is 0 Å². The van der Waals surface area contributed by atoms with Gasteiger partial charge in [-0.25, -0.2) is 0 Å². The van der Waals surface area contributed by atoms with Gasteiger partial charge in [-0.05, 0) is 39.2 Å². The Morgan fingerprint density at radius 1 is 1.07 bits per heavy atom. The minimum absolute atomic E-state index is 0. The van der Waals surface area contributed by atoms with Crippen LogP contribution in [0.25, 0.3) is 0 Å². The maximum Gasteiger partial charge on any atom is 0.193 e. The summed E-state index contributed by atoms with van der Waals surface area (Å²) in [5.41, 5.74) is 0. The van der Waals surface area contributed by atoms with Gasteiger partial charge >= 0.3 is 0 Å². The highest BCUT2D eigenvalue weighted by atomic mass is 127. The highest BCUT2D eigenvalue weighted by Gasteiger charge is 2.26. The average molecular weight is 540 g/mol. The zero-order valence-corrected chi connectivity index (χ0v) is 22.3. The van der Waals surface area contributed by atoms with Crippen LogP contribution in [0.3, 0.4) is 0 Å².